The number of anilines is 1. The van der Waals surface area contributed by atoms with Gasteiger partial charge in [-0.1, -0.05) is 18.2 Å². The minimum atomic E-state index is -0.0129. The zero-order valence-electron chi connectivity index (χ0n) is 14.5. The largest absolute Gasteiger partial charge is 0.485 e. The number of fused-ring (bicyclic) bond motifs is 1. The minimum absolute atomic E-state index is 0.0114. The maximum Gasteiger partial charge on any atom is 0.246 e. The summed E-state index contributed by atoms with van der Waals surface area (Å²) < 4.78 is 6.06. The number of hydrogen-bond acceptors (Lipinski definition) is 4. The van der Waals surface area contributed by atoms with E-state index in [2.05, 4.69) is 17.9 Å². The molecule has 0 saturated heterocycles. The number of amides is 1. The molecule has 0 N–H and O–H groups in total. The lowest BCUT2D eigenvalue weighted by atomic mass is 10.2. The topological polar surface area (TPSA) is 36.0 Å². The highest BCUT2D eigenvalue weighted by Crippen LogP contribution is 2.32. The fourth-order valence-corrected chi connectivity index (χ4v) is 2.66. The maximum atomic E-state index is 12.1. The number of likely N-dealkylation sites (N-methyl/N-ethyl adjacent to an activating group) is 3. The van der Waals surface area contributed by atoms with Gasteiger partial charge in [0, 0.05) is 26.2 Å². The lowest BCUT2D eigenvalue weighted by molar-refractivity contribution is -0.125. The molecule has 0 bridgehead atoms. The number of ether oxygens (including phenoxy) is 1. The molecule has 1 aromatic rings. The first-order valence-electron chi connectivity index (χ1n) is 8.08. The summed E-state index contributed by atoms with van der Waals surface area (Å²) >= 11 is 0. The van der Waals surface area contributed by atoms with Crippen LogP contribution in [-0.2, 0) is 4.79 Å². The molecule has 0 aliphatic carbocycles. The van der Waals surface area contributed by atoms with Crippen LogP contribution in [0.4, 0.5) is 5.69 Å². The van der Waals surface area contributed by atoms with Crippen molar-refractivity contribution in [2.45, 2.75) is 13.0 Å². The lowest BCUT2D eigenvalue weighted by Gasteiger charge is -2.37. The number of nitrogens with zero attached hydrogens (tertiary/aromatic N) is 3. The zero-order chi connectivity index (χ0) is 16.8. The highest BCUT2D eigenvalue weighted by molar-refractivity contribution is 5.87. The number of rotatable bonds is 6. The third kappa shape index (κ3) is 4.73. The summed E-state index contributed by atoms with van der Waals surface area (Å²) in [6, 6.07) is 8.07. The molecule has 126 valence electrons. The first-order valence-corrected chi connectivity index (χ1v) is 8.08. The second-order valence-electron chi connectivity index (χ2n) is 6.13. The van der Waals surface area contributed by atoms with E-state index in [0.717, 1.165) is 31.1 Å². The number of carbonyl (C=O) groups excluding carboxylic acids is 1. The Morgan fingerprint density at radius 3 is 2.78 bits per heavy atom. The van der Waals surface area contributed by atoms with Crippen LogP contribution in [0, 0.1) is 0 Å². The van der Waals surface area contributed by atoms with Gasteiger partial charge in [0.2, 0.25) is 5.91 Å². The van der Waals surface area contributed by atoms with Gasteiger partial charge in [0.05, 0.1) is 18.8 Å². The molecule has 1 aliphatic heterocycles. The summed E-state index contributed by atoms with van der Waals surface area (Å²) in [7, 11) is 5.78. The van der Waals surface area contributed by atoms with Gasteiger partial charge in [0.15, 0.2) is 0 Å². The van der Waals surface area contributed by atoms with Gasteiger partial charge in [-0.25, -0.2) is 0 Å². The molecule has 23 heavy (non-hydrogen) atoms. The van der Waals surface area contributed by atoms with Gasteiger partial charge in [0.1, 0.15) is 11.9 Å². The van der Waals surface area contributed by atoms with Gasteiger partial charge in [-0.3, -0.25) is 4.79 Å². The third-order valence-corrected chi connectivity index (χ3v) is 3.89. The normalized spacial score (nSPS) is 17.3. The summed E-state index contributed by atoms with van der Waals surface area (Å²) in [5.41, 5.74) is 1.13. The van der Waals surface area contributed by atoms with E-state index in [1.165, 1.54) is 0 Å². The van der Waals surface area contributed by atoms with E-state index in [0.29, 0.717) is 6.54 Å². The minimum Gasteiger partial charge on any atom is -0.485 e. The van der Waals surface area contributed by atoms with Crippen LogP contribution in [0.5, 0.6) is 5.75 Å². The van der Waals surface area contributed by atoms with Crippen molar-refractivity contribution in [1.29, 1.82) is 0 Å². The predicted octanol–water partition coefficient (Wildman–Crippen LogP) is 1.85. The lowest BCUT2D eigenvalue weighted by Crippen LogP contribution is -2.46. The van der Waals surface area contributed by atoms with Crippen molar-refractivity contribution in [1.82, 2.24) is 9.80 Å². The molecule has 1 amide bonds. The van der Waals surface area contributed by atoms with E-state index >= 15 is 0 Å². The highest BCUT2D eigenvalue weighted by Gasteiger charge is 2.26. The molecule has 0 aromatic heterocycles. The van der Waals surface area contributed by atoms with E-state index < -0.39 is 0 Å². The van der Waals surface area contributed by atoms with Crippen LogP contribution < -0.4 is 9.64 Å². The summed E-state index contributed by atoms with van der Waals surface area (Å²) in [5, 5.41) is 0. The Morgan fingerprint density at radius 1 is 1.35 bits per heavy atom. The van der Waals surface area contributed by atoms with Crippen LogP contribution in [0.1, 0.15) is 6.92 Å². The summed E-state index contributed by atoms with van der Waals surface area (Å²) in [5.74, 6) is 0.909. The quantitative estimate of drug-likeness (QED) is 0.750. The van der Waals surface area contributed by atoms with Crippen LogP contribution in [0.2, 0.25) is 0 Å². The van der Waals surface area contributed by atoms with Gasteiger partial charge >= 0.3 is 0 Å². The molecule has 1 heterocycles. The Morgan fingerprint density at radius 2 is 2.09 bits per heavy atom. The van der Waals surface area contributed by atoms with E-state index in [1.807, 2.05) is 50.3 Å². The van der Waals surface area contributed by atoms with Crippen molar-refractivity contribution >= 4 is 11.6 Å². The molecule has 0 radical (unpaired) electrons. The molecule has 2 rings (SSSR count). The zero-order valence-corrected chi connectivity index (χ0v) is 14.5. The fraction of sp³-hybridized carbons (Fsp3) is 0.500. The van der Waals surface area contributed by atoms with E-state index in [4.69, 9.17) is 4.74 Å². The van der Waals surface area contributed by atoms with Crippen LogP contribution >= 0.6 is 0 Å². The van der Waals surface area contributed by atoms with Gasteiger partial charge in [-0.05, 0) is 33.2 Å². The van der Waals surface area contributed by atoms with Crippen molar-refractivity contribution < 1.29 is 9.53 Å². The number of carbonyl (C=O) groups is 1. The van der Waals surface area contributed by atoms with Crippen molar-refractivity contribution in [3.05, 3.63) is 36.4 Å². The number of hydrogen-bond donors (Lipinski definition) is 0. The molecule has 0 fully saturated rings. The number of para-hydroxylation sites is 2. The molecular formula is C18H27N3O2. The van der Waals surface area contributed by atoms with Crippen molar-refractivity contribution in [3.63, 3.8) is 0 Å². The maximum absolute atomic E-state index is 12.1. The molecule has 5 nitrogen and oxygen atoms in total. The Hall–Kier alpha value is -2.01. The van der Waals surface area contributed by atoms with E-state index in [-0.39, 0.29) is 12.0 Å². The monoisotopic (exact) mass is 317 g/mol. The number of benzene rings is 1. The summed E-state index contributed by atoms with van der Waals surface area (Å²) in [6.07, 6.45) is 3.50. The highest BCUT2D eigenvalue weighted by atomic mass is 16.5. The van der Waals surface area contributed by atoms with Gasteiger partial charge in [-0.15, -0.1) is 0 Å². The summed E-state index contributed by atoms with van der Waals surface area (Å²) in [6.45, 7) is 5.20. The molecule has 1 aliphatic rings. The molecule has 0 saturated carbocycles. The Balaban J connectivity index is 1.96. The molecule has 1 unspecified atom stereocenters. The Labute approximate surface area is 139 Å². The SMILES string of the molecule is CCN1CC(CN(C)C(=O)/C=C/CN(C)C)Oc2ccccc21. The van der Waals surface area contributed by atoms with Crippen molar-refractivity contribution in [3.8, 4) is 5.75 Å². The third-order valence-electron chi connectivity index (χ3n) is 3.89. The van der Waals surface area contributed by atoms with Crippen LogP contribution in [-0.4, -0.2) is 69.1 Å². The first kappa shape index (κ1) is 17.3. The average Bonchev–Trinajstić information content (AvgIpc) is 2.53. The standard InChI is InChI=1S/C18H27N3O2/c1-5-21-14-15(23-17-10-7-6-9-16(17)21)13-20(4)18(22)11-8-12-19(2)3/h6-11,15H,5,12-14H2,1-4H3/b11-8+. The van der Waals surface area contributed by atoms with Gasteiger partial charge < -0.3 is 19.4 Å². The molecule has 1 aromatic carbocycles. The van der Waals surface area contributed by atoms with Gasteiger partial charge in [0.25, 0.3) is 0 Å². The second-order valence-corrected chi connectivity index (χ2v) is 6.13. The molecule has 5 heteroatoms. The van der Waals surface area contributed by atoms with Gasteiger partial charge in [-0.2, -0.15) is 0 Å². The average molecular weight is 317 g/mol. The van der Waals surface area contributed by atoms with Crippen LogP contribution in [0.15, 0.2) is 36.4 Å². The molecule has 1 atom stereocenters. The molecule has 0 spiro atoms. The van der Waals surface area contributed by atoms with Crippen LogP contribution in [0.3, 0.4) is 0 Å². The first-order chi connectivity index (χ1) is 11.0. The van der Waals surface area contributed by atoms with Crippen molar-refractivity contribution in [2.24, 2.45) is 0 Å². The van der Waals surface area contributed by atoms with E-state index in [1.54, 1.807) is 11.0 Å². The smallest absolute Gasteiger partial charge is 0.246 e. The Kier molecular flexibility index (Phi) is 6.04. The van der Waals surface area contributed by atoms with E-state index in [9.17, 15) is 4.79 Å². The Bertz CT molecular complexity index is 557. The molecular weight excluding hydrogens is 290 g/mol. The predicted molar refractivity (Wildman–Crippen MR) is 94.1 cm³/mol. The second kappa shape index (κ2) is 8.02. The van der Waals surface area contributed by atoms with Crippen molar-refractivity contribution in [2.75, 3.05) is 52.2 Å². The fourth-order valence-electron chi connectivity index (χ4n) is 2.66. The van der Waals surface area contributed by atoms with Crippen LogP contribution in [0.25, 0.3) is 0 Å². The summed E-state index contributed by atoms with van der Waals surface area (Å²) in [4.78, 5) is 18.2.